The van der Waals surface area contributed by atoms with Crippen LogP contribution < -0.4 is 0 Å². The topological polar surface area (TPSA) is 74.6 Å². The first kappa shape index (κ1) is 7.63. The van der Waals surface area contributed by atoms with Crippen LogP contribution in [0.3, 0.4) is 0 Å². The van der Waals surface area contributed by atoms with Gasteiger partial charge in [-0.15, -0.1) is 0 Å². The Morgan fingerprint density at radius 3 is 1.50 bits per heavy atom. The third-order valence-corrected chi connectivity index (χ3v) is 1.53. The molecule has 0 aromatic rings. The molecule has 0 saturated heterocycles. The van der Waals surface area contributed by atoms with Crippen LogP contribution in [0.1, 0.15) is 0 Å². The Morgan fingerprint density at radius 2 is 1.50 bits per heavy atom. The van der Waals surface area contributed by atoms with Crippen molar-refractivity contribution in [3.8, 4) is 0 Å². The summed E-state index contributed by atoms with van der Waals surface area (Å²) >= 11 is 1.31. The summed E-state index contributed by atoms with van der Waals surface area (Å²) in [7, 11) is 0. The molecule has 0 saturated carbocycles. The second-order valence-corrected chi connectivity index (χ2v) is 2.32. The zero-order valence-corrected chi connectivity index (χ0v) is 5.88. The number of hydrogen-bond acceptors (Lipinski definition) is 2. The molecule has 0 fully saturated rings. The molecule has 0 atom stereocenters. The Bertz CT molecular complexity index is 106. The Labute approximate surface area is 56.4 Å². The van der Waals surface area contributed by atoms with Gasteiger partial charge in [0.25, 0.3) is 0 Å². The maximum absolute atomic E-state index is 9.75. The van der Waals surface area contributed by atoms with Crippen LogP contribution in [0, 0.1) is 0 Å². The zero-order chi connectivity index (χ0) is 6.73. The van der Waals surface area contributed by atoms with Gasteiger partial charge < -0.3 is 0 Å². The van der Waals surface area contributed by atoms with Crippen LogP contribution in [-0.4, -0.2) is 22.2 Å². The van der Waals surface area contributed by atoms with E-state index in [1.54, 1.807) is 0 Å². The molecule has 0 unspecified atom stereocenters. The summed E-state index contributed by atoms with van der Waals surface area (Å²) < 4.78 is -1.32. The summed E-state index contributed by atoms with van der Waals surface area (Å²) in [6, 6.07) is 0. The van der Waals surface area contributed by atoms with Gasteiger partial charge in [-0.1, -0.05) is 0 Å². The normalized spacial score (nSPS) is 9.38. The summed E-state index contributed by atoms with van der Waals surface area (Å²) in [5, 5.41) is 15.9. The van der Waals surface area contributed by atoms with Gasteiger partial charge in [0.2, 0.25) is 0 Å². The van der Waals surface area contributed by atoms with E-state index >= 15 is 0 Å². The van der Waals surface area contributed by atoms with Crippen LogP contribution in [0.5, 0.6) is 0 Å². The Balaban J connectivity index is 3.83. The molecule has 0 amide bonds. The van der Waals surface area contributed by atoms with Gasteiger partial charge in [-0.3, -0.25) is 0 Å². The fraction of sp³-hybridized carbons (Fsp3) is 0.333. The van der Waals surface area contributed by atoms with Crippen molar-refractivity contribution >= 4 is 11.9 Å². The first-order chi connectivity index (χ1) is 3.55. The van der Waals surface area contributed by atoms with Gasteiger partial charge in [-0.05, 0) is 0 Å². The van der Waals surface area contributed by atoms with E-state index in [4.69, 9.17) is 10.2 Å². The summed E-state index contributed by atoms with van der Waals surface area (Å²) in [4.78, 5) is 19.5. The van der Waals surface area contributed by atoms with Crippen molar-refractivity contribution in [3.63, 3.8) is 0 Å². The quantitative estimate of drug-likeness (QED) is 0.674. The molecule has 0 aliphatic carbocycles. The van der Waals surface area contributed by atoms with E-state index < -0.39 is 16.2 Å². The van der Waals surface area contributed by atoms with Gasteiger partial charge in [-0.2, -0.15) is 0 Å². The van der Waals surface area contributed by atoms with Gasteiger partial charge in [0.05, 0.1) is 0 Å². The maximum atomic E-state index is 9.75. The molecule has 0 bridgehead atoms. The molecule has 0 aliphatic rings. The number of carbonyl (C=O) groups is 2. The molecule has 8 heavy (non-hydrogen) atoms. The molecule has 49 valence electrons. The number of rotatable bonds is 2. The van der Waals surface area contributed by atoms with Crippen LogP contribution in [0.2, 0.25) is 4.31 Å². The standard InChI is InChI=1S/C3H3O4.Pt/c4-2(5)1-3(6)7;/h1H,(H,4,5)(H,6,7);. The summed E-state index contributed by atoms with van der Waals surface area (Å²) in [5.41, 5.74) is 0. The van der Waals surface area contributed by atoms with Crippen molar-refractivity contribution < 1.29 is 39.6 Å². The Hall–Kier alpha value is -0.372. The van der Waals surface area contributed by atoms with Gasteiger partial charge in [0.1, 0.15) is 0 Å². The molecule has 0 aromatic heterocycles. The van der Waals surface area contributed by atoms with E-state index in [2.05, 4.69) is 0 Å². The molecule has 0 heterocycles. The minimum absolute atomic E-state index is 1.31. The molecule has 0 rings (SSSR count). The molecule has 0 aliphatic heterocycles. The summed E-state index contributed by atoms with van der Waals surface area (Å²) in [6.45, 7) is 0. The molecular formula is C3H3O4Pt. The molecular weight excluding hydrogens is 295 g/mol. The second kappa shape index (κ2) is 2.82. The minimum atomic E-state index is -1.32. The average Bonchev–Trinajstić information content (AvgIpc) is 1.64. The fourth-order valence-corrected chi connectivity index (χ4v) is 0.106. The third-order valence-electron chi connectivity index (χ3n) is 0.403. The molecule has 4 nitrogen and oxygen atoms in total. The predicted octanol–water partition coefficient (Wildman–Crippen LogP) is -0.509. The molecule has 5 heteroatoms. The van der Waals surface area contributed by atoms with Crippen LogP contribution in [0.4, 0.5) is 0 Å². The van der Waals surface area contributed by atoms with Crippen LogP contribution >= 0.6 is 0 Å². The Morgan fingerprint density at radius 1 is 1.25 bits per heavy atom. The van der Waals surface area contributed by atoms with Gasteiger partial charge >= 0.3 is 55.9 Å². The monoisotopic (exact) mass is 298 g/mol. The van der Waals surface area contributed by atoms with Gasteiger partial charge in [-0.25, -0.2) is 0 Å². The molecule has 0 aromatic carbocycles. The van der Waals surface area contributed by atoms with Gasteiger partial charge in [0, 0.05) is 0 Å². The Kier molecular flexibility index (Phi) is 2.69. The summed E-state index contributed by atoms with van der Waals surface area (Å²) in [5.74, 6) is -2.64. The van der Waals surface area contributed by atoms with Crippen molar-refractivity contribution in [3.05, 3.63) is 0 Å². The first-order valence-corrected chi connectivity index (χ1v) is 2.93. The van der Waals surface area contributed by atoms with Crippen molar-refractivity contribution in [2.75, 3.05) is 0 Å². The van der Waals surface area contributed by atoms with Gasteiger partial charge in [0.15, 0.2) is 0 Å². The van der Waals surface area contributed by atoms with E-state index in [-0.39, 0.29) is 0 Å². The van der Waals surface area contributed by atoms with E-state index in [9.17, 15) is 9.59 Å². The predicted molar refractivity (Wildman–Crippen MR) is 19.0 cm³/mol. The van der Waals surface area contributed by atoms with E-state index in [0.717, 1.165) is 0 Å². The molecule has 0 radical (unpaired) electrons. The van der Waals surface area contributed by atoms with E-state index in [1.807, 2.05) is 0 Å². The summed E-state index contributed by atoms with van der Waals surface area (Å²) in [6.07, 6.45) is 0. The number of carboxylic acid groups (broad SMARTS) is 2. The SMILES string of the molecule is O=C(O)[CH]([Pt])C(=O)O. The average molecular weight is 298 g/mol. The van der Waals surface area contributed by atoms with Crippen molar-refractivity contribution in [2.24, 2.45) is 0 Å². The van der Waals surface area contributed by atoms with E-state index in [1.165, 1.54) is 19.8 Å². The van der Waals surface area contributed by atoms with Crippen LogP contribution in [0.25, 0.3) is 0 Å². The molecule has 2 N–H and O–H groups in total. The molecule has 0 spiro atoms. The second-order valence-electron chi connectivity index (χ2n) is 1.00. The zero-order valence-electron chi connectivity index (χ0n) is 3.60. The number of hydrogen-bond donors (Lipinski definition) is 2. The number of aliphatic carboxylic acids is 2. The number of carboxylic acids is 2. The van der Waals surface area contributed by atoms with E-state index in [0.29, 0.717) is 0 Å². The van der Waals surface area contributed by atoms with Crippen molar-refractivity contribution in [1.29, 1.82) is 0 Å². The van der Waals surface area contributed by atoms with Crippen LogP contribution in [0.15, 0.2) is 0 Å². The van der Waals surface area contributed by atoms with Crippen molar-refractivity contribution in [1.82, 2.24) is 0 Å². The third kappa shape index (κ3) is 2.07. The van der Waals surface area contributed by atoms with Crippen molar-refractivity contribution in [2.45, 2.75) is 4.31 Å². The fourth-order valence-electron chi connectivity index (χ4n) is 0.106. The van der Waals surface area contributed by atoms with Crippen LogP contribution in [-0.2, 0) is 29.4 Å². The first-order valence-electron chi connectivity index (χ1n) is 1.62.